The summed E-state index contributed by atoms with van der Waals surface area (Å²) in [5.41, 5.74) is 2.11. The highest BCUT2D eigenvalue weighted by atomic mass is 16.5. The Kier molecular flexibility index (Phi) is 8.96. The van der Waals surface area contributed by atoms with E-state index < -0.39 is 0 Å². The molecule has 0 heterocycles. The Bertz CT molecular complexity index is 468. The fourth-order valence-corrected chi connectivity index (χ4v) is 1.99. The van der Waals surface area contributed by atoms with Crippen molar-refractivity contribution in [3.8, 4) is 0 Å². The highest BCUT2D eigenvalue weighted by molar-refractivity contribution is 5.72. The first-order valence-electron chi connectivity index (χ1n) is 7.99. The van der Waals surface area contributed by atoms with Crippen molar-refractivity contribution in [3.63, 3.8) is 0 Å². The maximum absolute atomic E-state index is 11.6. The lowest BCUT2D eigenvalue weighted by Crippen LogP contribution is -2.09. The average Bonchev–Trinajstić information content (AvgIpc) is 2.51. The van der Waals surface area contributed by atoms with E-state index in [4.69, 9.17) is 9.47 Å². The Morgan fingerprint density at radius 3 is 2.32 bits per heavy atom. The summed E-state index contributed by atoms with van der Waals surface area (Å²) in [6.07, 6.45) is 4.06. The molecule has 0 fully saturated rings. The Balaban J connectivity index is 2.11. The zero-order chi connectivity index (χ0) is 16.2. The SMILES string of the molecule is CCCCCOC(=O)CCCC(=O)OCc1ccccc1C. The molecule has 1 aromatic rings. The van der Waals surface area contributed by atoms with Gasteiger partial charge in [-0.25, -0.2) is 0 Å². The Hall–Kier alpha value is -1.84. The molecule has 0 atom stereocenters. The summed E-state index contributed by atoms with van der Waals surface area (Å²) in [4.78, 5) is 23.1. The number of ether oxygens (including phenoxy) is 2. The maximum Gasteiger partial charge on any atom is 0.306 e. The van der Waals surface area contributed by atoms with Crippen molar-refractivity contribution in [2.24, 2.45) is 0 Å². The van der Waals surface area contributed by atoms with Crippen LogP contribution in [0.15, 0.2) is 24.3 Å². The summed E-state index contributed by atoms with van der Waals surface area (Å²) in [6.45, 7) is 4.85. The molecule has 1 rings (SSSR count). The monoisotopic (exact) mass is 306 g/mol. The van der Waals surface area contributed by atoms with Crippen LogP contribution in [0.1, 0.15) is 56.6 Å². The molecule has 0 aliphatic heterocycles. The van der Waals surface area contributed by atoms with Crippen LogP contribution in [0.4, 0.5) is 0 Å². The van der Waals surface area contributed by atoms with E-state index in [9.17, 15) is 9.59 Å². The largest absolute Gasteiger partial charge is 0.466 e. The van der Waals surface area contributed by atoms with Crippen molar-refractivity contribution in [2.45, 2.75) is 59.0 Å². The van der Waals surface area contributed by atoms with Crippen molar-refractivity contribution in [3.05, 3.63) is 35.4 Å². The number of rotatable bonds is 10. The van der Waals surface area contributed by atoms with Gasteiger partial charge in [0.15, 0.2) is 0 Å². The Morgan fingerprint density at radius 1 is 0.955 bits per heavy atom. The lowest BCUT2D eigenvalue weighted by atomic mass is 10.1. The molecule has 0 aromatic heterocycles. The quantitative estimate of drug-likeness (QED) is 0.485. The number of benzene rings is 1. The Morgan fingerprint density at radius 2 is 1.64 bits per heavy atom. The van der Waals surface area contributed by atoms with Gasteiger partial charge in [-0.05, 0) is 30.9 Å². The van der Waals surface area contributed by atoms with Crippen LogP contribution in [0.25, 0.3) is 0 Å². The lowest BCUT2D eigenvalue weighted by molar-refractivity contribution is -0.146. The number of unbranched alkanes of at least 4 members (excludes halogenated alkanes) is 2. The number of aryl methyl sites for hydroxylation is 1. The molecule has 0 spiro atoms. The minimum absolute atomic E-state index is 0.234. The second-order valence-corrected chi connectivity index (χ2v) is 5.37. The summed E-state index contributed by atoms with van der Waals surface area (Å²) in [7, 11) is 0. The van der Waals surface area contributed by atoms with E-state index in [1.807, 2.05) is 31.2 Å². The standard InChI is InChI=1S/C18H26O4/c1-3-4-7-13-21-17(19)11-8-12-18(20)22-14-16-10-6-5-9-15(16)2/h5-6,9-10H,3-4,7-8,11-14H2,1-2H3. The number of esters is 2. The minimum Gasteiger partial charge on any atom is -0.466 e. The van der Waals surface area contributed by atoms with Gasteiger partial charge in [-0.3, -0.25) is 9.59 Å². The van der Waals surface area contributed by atoms with Crippen LogP contribution in [0.3, 0.4) is 0 Å². The van der Waals surface area contributed by atoms with Crippen molar-refractivity contribution < 1.29 is 19.1 Å². The van der Waals surface area contributed by atoms with Crippen LogP contribution >= 0.6 is 0 Å². The van der Waals surface area contributed by atoms with Crippen molar-refractivity contribution in [2.75, 3.05) is 6.61 Å². The van der Waals surface area contributed by atoms with Gasteiger partial charge in [0.1, 0.15) is 6.61 Å². The smallest absolute Gasteiger partial charge is 0.306 e. The average molecular weight is 306 g/mol. The highest BCUT2D eigenvalue weighted by Gasteiger charge is 2.08. The number of hydrogen-bond acceptors (Lipinski definition) is 4. The van der Waals surface area contributed by atoms with E-state index in [0.717, 1.165) is 30.4 Å². The van der Waals surface area contributed by atoms with Crippen molar-refractivity contribution >= 4 is 11.9 Å². The second kappa shape index (κ2) is 10.8. The van der Waals surface area contributed by atoms with E-state index in [-0.39, 0.29) is 31.4 Å². The molecule has 0 unspecified atom stereocenters. The predicted molar refractivity (Wildman–Crippen MR) is 85.3 cm³/mol. The van der Waals surface area contributed by atoms with E-state index in [1.54, 1.807) is 0 Å². The molecule has 0 aliphatic rings. The van der Waals surface area contributed by atoms with Gasteiger partial charge in [-0.1, -0.05) is 44.0 Å². The third-order valence-electron chi connectivity index (χ3n) is 3.42. The van der Waals surface area contributed by atoms with E-state index in [1.165, 1.54) is 0 Å². The molecule has 0 bridgehead atoms. The molecule has 22 heavy (non-hydrogen) atoms. The highest BCUT2D eigenvalue weighted by Crippen LogP contribution is 2.09. The van der Waals surface area contributed by atoms with Crippen LogP contribution in [-0.2, 0) is 25.7 Å². The van der Waals surface area contributed by atoms with Crippen molar-refractivity contribution in [1.29, 1.82) is 0 Å². The normalized spacial score (nSPS) is 10.3. The molecule has 122 valence electrons. The van der Waals surface area contributed by atoms with Crippen LogP contribution in [0.2, 0.25) is 0 Å². The second-order valence-electron chi connectivity index (χ2n) is 5.37. The first-order chi connectivity index (χ1) is 10.6. The first kappa shape index (κ1) is 18.2. The molecule has 0 saturated carbocycles. The maximum atomic E-state index is 11.6. The van der Waals surface area contributed by atoms with Gasteiger partial charge in [0.05, 0.1) is 6.61 Å². The van der Waals surface area contributed by atoms with E-state index >= 15 is 0 Å². The molecule has 1 aromatic carbocycles. The molecule has 0 saturated heterocycles. The third-order valence-corrected chi connectivity index (χ3v) is 3.42. The Labute approximate surface area is 132 Å². The molecular formula is C18H26O4. The summed E-state index contributed by atoms with van der Waals surface area (Å²) in [5, 5.41) is 0. The molecule has 0 amide bonds. The van der Waals surface area contributed by atoms with Gasteiger partial charge in [0, 0.05) is 12.8 Å². The molecule has 0 radical (unpaired) electrons. The van der Waals surface area contributed by atoms with Gasteiger partial charge < -0.3 is 9.47 Å². The summed E-state index contributed by atoms with van der Waals surface area (Å²) in [5.74, 6) is -0.509. The number of carbonyl (C=O) groups is 2. The number of hydrogen-bond donors (Lipinski definition) is 0. The topological polar surface area (TPSA) is 52.6 Å². The fourth-order valence-electron chi connectivity index (χ4n) is 1.99. The number of carbonyl (C=O) groups excluding carboxylic acids is 2. The van der Waals surface area contributed by atoms with Crippen LogP contribution in [0, 0.1) is 6.92 Å². The lowest BCUT2D eigenvalue weighted by Gasteiger charge is -2.07. The van der Waals surface area contributed by atoms with Gasteiger partial charge in [-0.15, -0.1) is 0 Å². The molecule has 0 N–H and O–H groups in total. The zero-order valence-electron chi connectivity index (χ0n) is 13.6. The molecule has 4 heteroatoms. The molecule has 0 aliphatic carbocycles. The first-order valence-corrected chi connectivity index (χ1v) is 7.99. The summed E-state index contributed by atoms with van der Waals surface area (Å²) >= 11 is 0. The van der Waals surface area contributed by atoms with Gasteiger partial charge in [0.2, 0.25) is 0 Å². The van der Waals surface area contributed by atoms with Gasteiger partial charge >= 0.3 is 11.9 Å². The summed E-state index contributed by atoms with van der Waals surface area (Å²) in [6, 6.07) is 7.80. The third kappa shape index (κ3) is 7.81. The van der Waals surface area contributed by atoms with E-state index in [0.29, 0.717) is 13.0 Å². The van der Waals surface area contributed by atoms with Gasteiger partial charge in [0.25, 0.3) is 0 Å². The van der Waals surface area contributed by atoms with Crippen molar-refractivity contribution in [1.82, 2.24) is 0 Å². The van der Waals surface area contributed by atoms with Crippen LogP contribution in [-0.4, -0.2) is 18.5 Å². The fraction of sp³-hybridized carbons (Fsp3) is 0.556. The summed E-state index contributed by atoms with van der Waals surface area (Å²) < 4.78 is 10.3. The molecular weight excluding hydrogens is 280 g/mol. The van der Waals surface area contributed by atoms with Gasteiger partial charge in [-0.2, -0.15) is 0 Å². The minimum atomic E-state index is -0.276. The predicted octanol–water partition coefficient (Wildman–Crippen LogP) is 3.94. The van der Waals surface area contributed by atoms with E-state index in [2.05, 4.69) is 6.92 Å². The molecule has 4 nitrogen and oxygen atoms in total. The zero-order valence-corrected chi connectivity index (χ0v) is 13.6. The van der Waals surface area contributed by atoms with Crippen LogP contribution < -0.4 is 0 Å². The van der Waals surface area contributed by atoms with Crippen LogP contribution in [0.5, 0.6) is 0 Å².